The number of methoxy groups -OCH3 is 1. The number of allylic oxidation sites excluding steroid dienone is 1. The van der Waals surface area contributed by atoms with Crippen LogP contribution in [-0.2, 0) is 35.3 Å². The highest BCUT2D eigenvalue weighted by molar-refractivity contribution is 7.91. The van der Waals surface area contributed by atoms with Crippen LogP contribution in [0.3, 0.4) is 0 Å². The van der Waals surface area contributed by atoms with Crippen LogP contribution >= 0.6 is 0 Å². The van der Waals surface area contributed by atoms with E-state index < -0.39 is 91.4 Å². The van der Waals surface area contributed by atoms with Crippen molar-refractivity contribution in [1.29, 1.82) is 0 Å². The lowest BCUT2D eigenvalue weighted by molar-refractivity contribution is -0.145. The van der Waals surface area contributed by atoms with Gasteiger partial charge in [-0.25, -0.2) is 18.2 Å². The molecule has 0 bridgehead atoms. The molecule has 1 aromatic carbocycles. The highest BCUT2D eigenvalue weighted by Crippen LogP contribution is 2.54. The Kier molecular flexibility index (Phi) is 11.8. The second-order valence-corrected chi connectivity index (χ2v) is 20.3. The summed E-state index contributed by atoms with van der Waals surface area (Å²) in [5.41, 5.74) is -4.28. The molecule has 19 heteroatoms. The van der Waals surface area contributed by atoms with Gasteiger partial charge in [0.05, 0.1) is 30.5 Å². The normalized spacial score (nSPS) is 29.3. The van der Waals surface area contributed by atoms with Crippen molar-refractivity contribution in [3.8, 4) is 11.5 Å². The summed E-state index contributed by atoms with van der Waals surface area (Å²) in [6, 6.07) is 1.19. The van der Waals surface area contributed by atoms with Gasteiger partial charge in [-0.3, -0.25) is 19.1 Å². The average Bonchev–Trinajstić information content (AvgIpc) is 4.08. The fraction of sp³-hybridized carbons (Fsp3) is 0.643. The minimum Gasteiger partial charge on any atom is -0.497 e. The van der Waals surface area contributed by atoms with Crippen molar-refractivity contribution in [2.75, 3.05) is 34.4 Å². The number of benzene rings is 1. The Bertz CT molecular complexity index is 2230. The molecule has 2 saturated carbocycles. The zero-order valence-corrected chi connectivity index (χ0v) is 36.1. The molecule has 0 unspecified atom stereocenters. The van der Waals surface area contributed by atoms with Gasteiger partial charge >= 0.3 is 12.3 Å². The molecule has 1 spiro atoms. The summed E-state index contributed by atoms with van der Waals surface area (Å²) in [7, 11) is 0.749. The molecular formula is C42H55F3N6O9S. The molecule has 61 heavy (non-hydrogen) atoms. The van der Waals surface area contributed by atoms with Crippen LogP contribution in [0, 0.1) is 11.8 Å². The molecule has 4 heterocycles. The van der Waals surface area contributed by atoms with E-state index in [4.69, 9.17) is 14.2 Å². The van der Waals surface area contributed by atoms with Crippen LogP contribution in [0.15, 0.2) is 30.4 Å². The minimum atomic E-state index is -4.97. The molecule has 5 aliphatic rings. The summed E-state index contributed by atoms with van der Waals surface area (Å²) in [6.45, 7) is 4.95. The van der Waals surface area contributed by atoms with Gasteiger partial charge in [-0.15, -0.1) is 0 Å². The number of carbonyl (C=O) groups is 4. The third-order valence-corrected chi connectivity index (χ3v) is 14.9. The molecule has 334 valence electrons. The van der Waals surface area contributed by atoms with Gasteiger partial charge < -0.3 is 34.6 Å². The molecule has 1 aromatic heterocycles. The SMILES string of the molecule is COc1ccc2nc(C(F)(F)F)c3c(c2c1)[C@@H](N(C)C)C[C@]1(C[C@H]2C(=O)N[C@]4(C(=O)NS(=O)(=O)C5(C)CC5)C[C@H]4/C=C\CCCCC[C@H](NC(=O)OCC(C)C)C(=O)N2C1)O3. The Morgan fingerprint density at radius 3 is 2.51 bits per heavy atom. The lowest BCUT2D eigenvalue weighted by Gasteiger charge is -2.43. The number of pyridine rings is 1. The van der Waals surface area contributed by atoms with Gasteiger partial charge in [0.25, 0.3) is 5.91 Å². The van der Waals surface area contributed by atoms with E-state index in [1.807, 2.05) is 19.9 Å². The fourth-order valence-corrected chi connectivity index (χ4v) is 10.1. The first-order chi connectivity index (χ1) is 28.6. The van der Waals surface area contributed by atoms with Crippen molar-refractivity contribution in [3.63, 3.8) is 0 Å². The molecule has 4 amide bonds. The highest BCUT2D eigenvalue weighted by Gasteiger charge is 2.64. The lowest BCUT2D eigenvalue weighted by atomic mass is 9.83. The van der Waals surface area contributed by atoms with Crippen molar-refractivity contribution in [1.82, 2.24) is 30.1 Å². The number of nitrogens with zero attached hydrogens (tertiary/aromatic N) is 3. The molecule has 2 aliphatic carbocycles. The summed E-state index contributed by atoms with van der Waals surface area (Å²) < 4.78 is 90.1. The standard InChI is InChI=1S/C42H55F3N6O9S/c1-24(2)22-59-38(55)47-29-13-11-9-7-8-10-12-25-19-41(25,37(54)49-61(56,57)39(3)16-17-39)48-35(52)31-21-40(23-51(31)36(29)53)20-30(50(4)5)32-27-18-26(58-6)14-15-28(27)46-34(33(32)60-40)42(43,44)45/h10,12,14-15,18,24-25,29-31H,7-9,11,13,16-17,19-23H2,1-6H3,(H,47,55)(H,48,52)(H,49,54)/b12-10-/t25-,29+,30+,31+,40-,41-/m1/s1. The van der Waals surface area contributed by atoms with Gasteiger partial charge in [0, 0.05) is 35.8 Å². The number of rotatable bonds is 8. The molecule has 2 aromatic rings. The van der Waals surface area contributed by atoms with E-state index in [0.717, 1.165) is 0 Å². The van der Waals surface area contributed by atoms with Crippen LogP contribution < -0.4 is 24.8 Å². The van der Waals surface area contributed by atoms with Gasteiger partial charge in [0.1, 0.15) is 29.0 Å². The Morgan fingerprint density at radius 2 is 1.85 bits per heavy atom. The smallest absolute Gasteiger partial charge is 0.437 e. The molecule has 3 N–H and O–H groups in total. The number of halogens is 3. The quantitative estimate of drug-likeness (QED) is 0.299. The number of ether oxygens (including phenoxy) is 3. The van der Waals surface area contributed by atoms with Crippen LogP contribution in [0.25, 0.3) is 10.9 Å². The topological polar surface area (TPSA) is 186 Å². The zero-order valence-electron chi connectivity index (χ0n) is 35.3. The monoisotopic (exact) mass is 876 g/mol. The summed E-state index contributed by atoms with van der Waals surface area (Å²) in [4.78, 5) is 63.8. The van der Waals surface area contributed by atoms with Crippen molar-refractivity contribution in [2.24, 2.45) is 11.8 Å². The largest absolute Gasteiger partial charge is 0.497 e. The van der Waals surface area contributed by atoms with Gasteiger partial charge in [-0.05, 0) is 83.7 Å². The molecule has 7 rings (SSSR count). The first kappa shape index (κ1) is 44.4. The van der Waals surface area contributed by atoms with Crippen LogP contribution in [0.5, 0.6) is 11.5 Å². The number of alkyl carbamates (subject to hydrolysis) is 1. The molecule has 6 atom stereocenters. The van der Waals surface area contributed by atoms with Gasteiger partial charge in [-0.2, -0.15) is 13.2 Å². The molecule has 15 nitrogen and oxygen atoms in total. The summed E-state index contributed by atoms with van der Waals surface area (Å²) in [6.07, 6.45) is 1.02. The van der Waals surface area contributed by atoms with E-state index >= 15 is 13.2 Å². The Labute approximate surface area is 353 Å². The summed E-state index contributed by atoms with van der Waals surface area (Å²) in [5.74, 6) is -3.15. The molecular weight excluding hydrogens is 822 g/mol. The third kappa shape index (κ3) is 8.73. The van der Waals surface area contributed by atoms with Crippen LogP contribution in [0.1, 0.15) is 102 Å². The van der Waals surface area contributed by atoms with E-state index in [9.17, 15) is 27.6 Å². The first-order valence-corrected chi connectivity index (χ1v) is 22.3. The first-order valence-electron chi connectivity index (χ1n) is 20.9. The van der Waals surface area contributed by atoms with Crippen LogP contribution in [0.4, 0.5) is 18.0 Å². The van der Waals surface area contributed by atoms with Crippen molar-refractivity contribution in [3.05, 3.63) is 41.6 Å². The highest BCUT2D eigenvalue weighted by atomic mass is 32.2. The van der Waals surface area contributed by atoms with Gasteiger partial charge in [-0.1, -0.05) is 38.8 Å². The Hall–Kier alpha value is -4.65. The number of amides is 4. The second-order valence-electron chi connectivity index (χ2n) is 18.1. The number of aromatic nitrogens is 1. The number of hydrogen-bond donors (Lipinski definition) is 3. The Morgan fingerprint density at radius 1 is 1.11 bits per heavy atom. The van der Waals surface area contributed by atoms with E-state index in [1.165, 1.54) is 31.1 Å². The van der Waals surface area contributed by atoms with Gasteiger partial charge in [0.15, 0.2) is 11.4 Å². The molecule has 3 fully saturated rings. The lowest BCUT2D eigenvalue weighted by Crippen LogP contribution is -2.58. The third-order valence-electron chi connectivity index (χ3n) is 12.7. The minimum absolute atomic E-state index is 0.00268. The molecule has 1 saturated heterocycles. The maximum absolute atomic E-state index is 15.0. The van der Waals surface area contributed by atoms with Crippen molar-refractivity contribution in [2.45, 2.75) is 125 Å². The maximum atomic E-state index is 15.0. The average molecular weight is 877 g/mol. The Balaban J connectivity index is 1.31. The van der Waals surface area contributed by atoms with Crippen LogP contribution in [0.2, 0.25) is 0 Å². The zero-order chi connectivity index (χ0) is 44.3. The predicted octanol–water partition coefficient (Wildman–Crippen LogP) is 5.13. The predicted molar refractivity (Wildman–Crippen MR) is 217 cm³/mol. The van der Waals surface area contributed by atoms with Crippen molar-refractivity contribution < 1.29 is 55.0 Å². The number of carbonyl (C=O) groups excluding carboxylic acids is 4. The number of sulfonamides is 1. The van der Waals surface area contributed by atoms with E-state index in [1.54, 1.807) is 31.1 Å². The van der Waals surface area contributed by atoms with Crippen molar-refractivity contribution >= 4 is 44.7 Å². The number of alkyl halides is 3. The molecule has 0 radical (unpaired) electrons. The molecule has 3 aliphatic heterocycles. The van der Waals surface area contributed by atoms with E-state index in [2.05, 4.69) is 20.3 Å². The van der Waals surface area contributed by atoms with Crippen LogP contribution in [-0.4, -0.2) is 109 Å². The van der Waals surface area contributed by atoms with E-state index in [0.29, 0.717) is 49.7 Å². The van der Waals surface area contributed by atoms with E-state index in [-0.39, 0.29) is 55.8 Å². The summed E-state index contributed by atoms with van der Waals surface area (Å²) >= 11 is 0. The second kappa shape index (κ2) is 16.2. The maximum Gasteiger partial charge on any atom is 0.437 e. The fourth-order valence-electron chi connectivity index (χ4n) is 8.79. The number of hydrogen-bond acceptors (Lipinski definition) is 11. The number of nitrogens with one attached hydrogen (secondary N) is 3. The number of fused-ring (bicyclic) bond motifs is 5. The van der Waals surface area contributed by atoms with Gasteiger partial charge in [0.2, 0.25) is 21.8 Å². The summed E-state index contributed by atoms with van der Waals surface area (Å²) in [5, 5.41) is 5.86.